The van der Waals surface area contributed by atoms with Crippen molar-refractivity contribution in [3.05, 3.63) is 152 Å². The van der Waals surface area contributed by atoms with E-state index in [1.165, 1.54) is 21.8 Å². The van der Waals surface area contributed by atoms with Gasteiger partial charge in [0.1, 0.15) is 17.0 Å². The van der Waals surface area contributed by atoms with E-state index in [0.29, 0.717) is 0 Å². The van der Waals surface area contributed by atoms with Crippen molar-refractivity contribution in [2.75, 3.05) is 4.90 Å². The minimum Gasteiger partial charge on any atom is -0.456 e. The van der Waals surface area contributed by atoms with Crippen LogP contribution in [0.2, 0.25) is 0 Å². The molecule has 0 unspecified atom stereocenters. The van der Waals surface area contributed by atoms with Gasteiger partial charge in [0.25, 0.3) is 0 Å². The van der Waals surface area contributed by atoms with E-state index in [-0.39, 0.29) is 0 Å². The Morgan fingerprint density at radius 3 is 1.80 bits per heavy atom. The van der Waals surface area contributed by atoms with E-state index in [1.807, 2.05) is 42.5 Å². The van der Waals surface area contributed by atoms with E-state index in [2.05, 4.69) is 119 Å². The van der Waals surface area contributed by atoms with Crippen molar-refractivity contribution < 1.29 is 9.15 Å². The molecule has 0 N–H and O–H groups in total. The van der Waals surface area contributed by atoms with Crippen LogP contribution in [0.4, 0.5) is 17.2 Å². The van der Waals surface area contributed by atoms with Gasteiger partial charge in [0.05, 0.1) is 28.1 Å². The minimum absolute atomic E-state index is 0.804. The molecular weight excluding hydrogens is 566 g/mol. The standard InChI is InChI=1S/C41H25N3O2/c1-3-13-33-28(10-1)29-11-2-4-14-34(29)43(33)27-21-23-38-31(25-27)30-24-26(20-22-37(30)45-38)32-12-9-19-41(42-32)44-35-15-5-7-17-39(35)46-40-18-8-6-16-36(40)44/h1-25H. The van der Waals surface area contributed by atoms with Gasteiger partial charge in [-0.2, -0.15) is 0 Å². The summed E-state index contributed by atoms with van der Waals surface area (Å²) >= 11 is 0. The predicted molar refractivity (Wildman–Crippen MR) is 186 cm³/mol. The van der Waals surface area contributed by atoms with Crippen LogP contribution in [0.15, 0.2) is 156 Å². The minimum atomic E-state index is 0.804. The zero-order valence-electron chi connectivity index (χ0n) is 24.6. The molecule has 3 aromatic heterocycles. The molecule has 0 bridgehead atoms. The molecule has 0 radical (unpaired) electrons. The van der Waals surface area contributed by atoms with Crippen molar-refractivity contribution in [1.82, 2.24) is 9.55 Å². The Morgan fingerprint density at radius 2 is 1.09 bits per heavy atom. The second kappa shape index (κ2) is 9.58. The molecule has 10 rings (SSSR count). The number of pyridine rings is 1. The lowest BCUT2D eigenvalue weighted by Crippen LogP contribution is -2.16. The van der Waals surface area contributed by atoms with Gasteiger partial charge in [0.2, 0.25) is 0 Å². The van der Waals surface area contributed by atoms with Gasteiger partial charge < -0.3 is 13.7 Å². The summed E-state index contributed by atoms with van der Waals surface area (Å²) in [6.45, 7) is 0. The molecular formula is C41H25N3O2. The van der Waals surface area contributed by atoms with E-state index >= 15 is 0 Å². The summed E-state index contributed by atoms with van der Waals surface area (Å²) in [5.41, 5.74) is 9.00. The SMILES string of the molecule is c1cc(-c2ccc3oc4ccc(-n5c6ccccc6c6ccccc65)cc4c3c2)nc(N2c3ccccc3Oc3ccccc32)c1. The average molecular weight is 592 g/mol. The van der Waals surface area contributed by atoms with Crippen molar-refractivity contribution in [2.45, 2.75) is 0 Å². The summed E-state index contributed by atoms with van der Waals surface area (Å²) in [5.74, 6) is 2.43. The Balaban J connectivity index is 1.12. The van der Waals surface area contributed by atoms with Crippen LogP contribution in [0, 0.1) is 0 Å². The average Bonchev–Trinajstić information content (AvgIpc) is 3.65. The highest BCUT2D eigenvalue weighted by atomic mass is 16.5. The summed E-state index contributed by atoms with van der Waals surface area (Å²) in [6, 6.07) is 52.3. The van der Waals surface area contributed by atoms with E-state index < -0.39 is 0 Å². The maximum atomic E-state index is 6.34. The van der Waals surface area contributed by atoms with Gasteiger partial charge in [-0.05, 0) is 84.9 Å². The number of ether oxygens (including phenoxy) is 1. The first-order chi connectivity index (χ1) is 22.8. The fourth-order valence-corrected chi connectivity index (χ4v) is 6.92. The van der Waals surface area contributed by atoms with Gasteiger partial charge in [-0.25, -0.2) is 4.98 Å². The molecule has 0 atom stereocenters. The van der Waals surface area contributed by atoms with Crippen molar-refractivity contribution in [3.63, 3.8) is 0 Å². The van der Waals surface area contributed by atoms with Gasteiger partial charge in [-0.15, -0.1) is 0 Å². The molecule has 9 aromatic rings. The second-order valence-corrected chi connectivity index (χ2v) is 11.6. The molecule has 0 saturated carbocycles. The smallest absolute Gasteiger partial charge is 0.151 e. The van der Waals surface area contributed by atoms with E-state index in [9.17, 15) is 0 Å². The van der Waals surface area contributed by atoms with Gasteiger partial charge in [0.15, 0.2) is 11.5 Å². The lowest BCUT2D eigenvalue weighted by molar-refractivity contribution is 0.476. The van der Waals surface area contributed by atoms with Crippen LogP contribution in [0.1, 0.15) is 0 Å². The monoisotopic (exact) mass is 591 g/mol. The molecule has 0 fully saturated rings. The second-order valence-electron chi connectivity index (χ2n) is 11.6. The Bertz CT molecular complexity index is 2550. The number of furan rings is 1. The number of para-hydroxylation sites is 6. The maximum absolute atomic E-state index is 6.34. The van der Waals surface area contributed by atoms with Crippen LogP contribution in [-0.4, -0.2) is 9.55 Å². The van der Waals surface area contributed by atoms with Crippen LogP contribution in [0.3, 0.4) is 0 Å². The van der Waals surface area contributed by atoms with Gasteiger partial charge in [0, 0.05) is 32.8 Å². The van der Waals surface area contributed by atoms with Crippen LogP contribution in [-0.2, 0) is 0 Å². The first-order valence-electron chi connectivity index (χ1n) is 15.4. The third kappa shape index (κ3) is 3.66. The summed E-state index contributed by atoms with van der Waals surface area (Å²) in [6.07, 6.45) is 0. The van der Waals surface area contributed by atoms with E-state index in [4.69, 9.17) is 14.1 Å². The van der Waals surface area contributed by atoms with Gasteiger partial charge >= 0.3 is 0 Å². The zero-order chi connectivity index (χ0) is 30.2. The Morgan fingerprint density at radius 1 is 0.478 bits per heavy atom. The highest BCUT2D eigenvalue weighted by Gasteiger charge is 2.26. The summed E-state index contributed by atoms with van der Waals surface area (Å²) in [7, 11) is 0. The van der Waals surface area contributed by atoms with E-state index in [0.717, 1.165) is 67.6 Å². The predicted octanol–water partition coefficient (Wildman–Crippen LogP) is 11.3. The zero-order valence-corrected chi connectivity index (χ0v) is 24.6. The molecule has 4 heterocycles. The topological polar surface area (TPSA) is 43.4 Å². The van der Waals surface area contributed by atoms with Crippen LogP contribution >= 0.6 is 0 Å². The maximum Gasteiger partial charge on any atom is 0.151 e. The Kier molecular flexibility index (Phi) is 5.22. The first-order valence-corrected chi connectivity index (χ1v) is 15.4. The molecule has 0 spiro atoms. The molecule has 0 amide bonds. The normalized spacial score (nSPS) is 12.5. The molecule has 0 saturated heterocycles. The Labute approximate surface area is 264 Å². The van der Waals surface area contributed by atoms with E-state index in [1.54, 1.807) is 0 Å². The Hall–Kier alpha value is -6.33. The van der Waals surface area contributed by atoms with Crippen LogP contribution < -0.4 is 9.64 Å². The lowest BCUT2D eigenvalue weighted by Gasteiger charge is -2.32. The summed E-state index contributed by atoms with van der Waals surface area (Å²) in [4.78, 5) is 7.37. The third-order valence-corrected chi connectivity index (χ3v) is 8.98. The number of nitrogens with zero attached hydrogens (tertiary/aromatic N) is 3. The largest absolute Gasteiger partial charge is 0.456 e. The van der Waals surface area contributed by atoms with Crippen molar-refractivity contribution in [1.29, 1.82) is 0 Å². The first kappa shape index (κ1) is 25.0. The molecule has 1 aliphatic rings. The quantitative estimate of drug-likeness (QED) is 0.205. The highest BCUT2D eigenvalue weighted by molar-refractivity contribution is 6.11. The molecule has 216 valence electrons. The molecule has 6 aromatic carbocycles. The van der Waals surface area contributed by atoms with Gasteiger partial charge in [-0.3, -0.25) is 4.90 Å². The number of rotatable bonds is 3. The summed E-state index contributed by atoms with van der Waals surface area (Å²) in [5, 5.41) is 4.62. The molecule has 46 heavy (non-hydrogen) atoms. The number of benzene rings is 6. The fourth-order valence-electron chi connectivity index (χ4n) is 6.92. The fraction of sp³-hybridized carbons (Fsp3) is 0. The van der Waals surface area contributed by atoms with Crippen LogP contribution in [0.5, 0.6) is 11.5 Å². The number of anilines is 3. The lowest BCUT2D eigenvalue weighted by atomic mass is 10.1. The van der Waals surface area contributed by atoms with Crippen LogP contribution in [0.25, 0.3) is 60.7 Å². The van der Waals surface area contributed by atoms with Crippen molar-refractivity contribution in [2.24, 2.45) is 0 Å². The number of hydrogen-bond donors (Lipinski definition) is 0. The van der Waals surface area contributed by atoms with Gasteiger partial charge in [-0.1, -0.05) is 66.7 Å². The number of hydrogen-bond acceptors (Lipinski definition) is 4. The summed E-state index contributed by atoms with van der Waals surface area (Å²) < 4.78 is 14.9. The molecule has 0 aliphatic carbocycles. The highest BCUT2D eigenvalue weighted by Crippen LogP contribution is 2.49. The molecule has 5 heteroatoms. The number of aromatic nitrogens is 2. The molecule has 5 nitrogen and oxygen atoms in total. The van der Waals surface area contributed by atoms with Crippen molar-refractivity contribution in [3.8, 4) is 28.4 Å². The molecule has 1 aliphatic heterocycles. The number of fused-ring (bicyclic) bond motifs is 8. The van der Waals surface area contributed by atoms with Crippen molar-refractivity contribution >= 4 is 60.9 Å². The third-order valence-electron chi connectivity index (χ3n) is 8.98.